The number of nitrogens with one attached hydrogen (secondary N) is 1. The highest BCUT2D eigenvalue weighted by atomic mass is 35.5. The summed E-state index contributed by atoms with van der Waals surface area (Å²) in [7, 11) is 0. The van der Waals surface area contributed by atoms with E-state index in [4.69, 9.17) is 17.4 Å². The maximum Gasteiger partial charge on any atom is 0.141 e. The molecule has 3 N–H and O–H groups in total. The van der Waals surface area contributed by atoms with E-state index in [0.717, 1.165) is 12.0 Å². The second-order valence-electron chi connectivity index (χ2n) is 4.51. The van der Waals surface area contributed by atoms with Crippen LogP contribution in [0.25, 0.3) is 0 Å². The Kier molecular flexibility index (Phi) is 4.91. The van der Waals surface area contributed by atoms with E-state index in [1.54, 1.807) is 12.1 Å². The zero-order valence-corrected chi connectivity index (χ0v) is 11.2. The van der Waals surface area contributed by atoms with Gasteiger partial charge in [-0.3, -0.25) is 11.3 Å². The van der Waals surface area contributed by atoms with E-state index in [2.05, 4.69) is 17.6 Å². The first-order valence-corrected chi connectivity index (χ1v) is 6.51. The van der Waals surface area contributed by atoms with E-state index >= 15 is 0 Å². The van der Waals surface area contributed by atoms with Crippen LogP contribution in [-0.4, -0.2) is 6.04 Å². The molecule has 2 aromatic rings. The Bertz CT molecular complexity index is 531. The van der Waals surface area contributed by atoms with Gasteiger partial charge in [-0.1, -0.05) is 48.0 Å². The molecular weight excluding hydrogens is 263 g/mol. The Morgan fingerprint density at radius 3 is 2.37 bits per heavy atom. The predicted octanol–water partition coefficient (Wildman–Crippen LogP) is 3.10. The lowest BCUT2D eigenvalue weighted by Gasteiger charge is -2.16. The van der Waals surface area contributed by atoms with E-state index in [1.807, 2.05) is 18.2 Å². The van der Waals surface area contributed by atoms with E-state index in [1.165, 1.54) is 11.6 Å². The van der Waals surface area contributed by atoms with Gasteiger partial charge < -0.3 is 0 Å². The van der Waals surface area contributed by atoms with Crippen LogP contribution in [0.5, 0.6) is 0 Å². The first kappa shape index (κ1) is 14.0. The molecule has 0 amide bonds. The van der Waals surface area contributed by atoms with Crippen LogP contribution < -0.4 is 11.3 Å². The van der Waals surface area contributed by atoms with E-state index in [9.17, 15) is 4.39 Å². The van der Waals surface area contributed by atoms with Crippen LogP contribution in [0.15, 0.2) is 48.5 Å². The van der Waals surface area contributed by atoms with Crippen LogP contribution in [0.3, 0.4) is 0 Å². The standard InChI is InChI=1S/C15H16ClFN2/c16-14-10-12(6-7-15(14)17)9-13(19-18)8-11-4-2-1-3-5-11/h1-7,10,13,19H,8-9,18H2. The van der Waals surface area contributed by atoms with Gasteiger partial charge in [0.15, 0.2) is 0 Å². The molecule has 1 atom stereocenters. The minimum Gasteiger partial charge on any atom is -0.271 e. The molecule has 0 aliphatic rings. The summed E-state index contributed by atoms with van der Waals surface area (Å²) in [6.45, 7) is 0. The van der Waals surface area contributed by atoms with Gasteiger partial charge in [0.05, 0.1) is 5.02 Å². The predicted molar refractivity (Wildman–Crippen MR) is 76.4 cm³/mol. The lowest BCUT2D eigenvalue weighted by atomic mass is 9.99. The third kappa shape index (κ3) is 4.03. The molecular formula is C15H16ClFN2. The number of hydrogen-bond donors (Lipinski definition) is 2. The Balaban J connectivity index is 2.04. The highest BCUT2D eigenvalue weighted by molar-refractivity contribution is 6.30. The van der Waals surface area contributed by atoms with Crippen molar-refractivity contribution in [2.45, 2.75) is 18.9 Å². The zero-order valence-electron chi connectivity index (χ0n) is 10.4. The fourth-order valence-electron chi connectivity index (χ4n) is 2.04. The highest BCUT2D eigenvalue weighted by Gasteiger charge is 2.10. The quantitative estimate of drug-likeness (QED) is 0.651. The molecule has 100 valence electrons. The van der Waals surface area contributed by atoms with Gasteiger partial charge in [0.25, 0.3) is 0 Å². The molecule has 0 spiro atoms. The zero-order chi connectivity index (χ0) is 13.7. The van der Waals surface area contributed by atoms with Crippen molar-refractivity contribution >= 4 is 11.6 Å². The van der Waals surface area contributed by atoms with Crippen molar-refractivity contribution in [3.05, 3.63) is 70.5 Å². The van der Waals surface area contributed by atoms with Crippen LogP contribution in [0, 0.1) is 5.82 Å². The van der Waals surface area contributed by atoms with Crippen molar-refractivity contribution in [3.8, 4) is 0 Å². The van der Waals surface area contributed by atoms with Gasteiger partial charge in [-0.05, 0) is 36.1 Å². The average Bonchev–Trinajstić information content (AvgIpc) is 2.43. The number of nitrogens with two attached hydrogens (primary N) is 1. The number of benzene rings is 2. The monoisotopic (exact) mass is 278 g/mol. The third-order valence-electron chi connectivity index (χ3n) is 3.03. The molecule has 0 aromatic heterocycles. The van der Waals surface area contributed by atoms with Crippen molar-refractivity contribution in [2.24, 2.45) is 5.84 Å². The van der Waals surface area contributed by atoms with Crippen molar-refractivity contribution < 1.29 is 4.39 Å². The lowest BCUT2D eigenvalue weighted by molar-refractivity contribution is 0.522. The SMILES string of the molecule is NNC(Cc1ccccc1)Cc1ccc(F)c(Cl)c1. The second-order valence-corrected chi connectivity index (χ2v) is 4.91. The molecule has 0 bridgehead atoms. The lowest BCUT2D eigenvalue weighted by Crippen LogP contribution is -2.38. The summed E-state index contributed by atoms with van der Waals surface area (Å²) in [6, 6.07) is 14.9. The topological polar surface area (TPSA) is 38.0 Å². The van der Waals surface area contributed by atoms with Crippen molar-refractivity contribution in [2.75, 3.05) is 0 Å². The van der Waals surface area contributed by atoms with Crippen molar-refractivity contribution in [1.29, 1.82) is 0 Å². The molecule has 2 aromatic carbocycles. The molecule has 0 saturated carbocycles. The maximum atomic E-state index is 13.1. The summed E-state index contributed by atoms with van der Waals surface area (Å²) < 4.78 is 13.1. The van der Waals surface area contributed by atoms with Crippen molar-refractivity contribution in [3.63, 3.8) is 0 Å². The van der Waals surface area contributed by atoms with Gasteiger partial charge in [-0.15, -0.1) is 0 Å². The third-order valence-corrected chi connectivity index (χ3v) is 3.32. The number of hydrogen-bond acceptors (Lipinski definition) is 2. The van der Waals surface area contributed by atoms with Crippen molar-refractivity contribution in [1.82, 2.24) is 5.43 Å². The molecule has 0 fully saturated rings. The van der Waals surface area contributed by atoms with E-state index in [0.29, 0.717) is 6.42 Å². The first-order chi connectivity index (χ1) is 9.19. The van der Waals surface area contributed by atoms with Gasteiger partial charge in [-0.25, -0.2) is 4.39 Å². The number of hydrazine groups is 1. The van der Waals surface area contributed by atoms with Gasteiger partial charge in [-0.2, -0.15) is 0 Å². The summed E-state index contributed by atoms with van der Waals surface area (Å²) in [5.41, 5.74) is 4.97. The number of halogens is 2. The summed E-state index contributed by atoms with van der Waals surface area (Å²) in [5, 5.41) is 0.146. The van der Waals surface area contributed by atoms with Gasteiger partial charge >= 0.3 is 0 Å². The molecule has 0 heterocycles. The fraction of sp³-hybridized carbons (Fsp3) is 0.200. The summed E-state index contributed by atoms with van der Waals surface area (Å²) in [4.78, 5) is 0. The van der Waals surface area contributed by atoms with E-state index < -0.39 is 5.82 Å². The highest BCUT2D eigenvalue weighted by Crippen LogP contribution is 2.17. The van der Waals surface area contributed by atoms with Crippen LogP contribution >= 0.6 is 11.6 Å². The molecule has 1 unspecified atom stereocenters. The van der Waals surface area contributed by atoms with Crippen LogP contribution in [0.2, 0.25) is 5.02 Å². The summed E-state index contributed by atoms with van der Waals surface area (Å²) >= 11 is 5.77. The van der Waals surface area contributed by atoms with Gasteiger partial charge in [0.1, 0.15) is 5.82 Å². The number of rotatable bonds is 5. The van der Waals surface area contributed by atoms with Gasteiger partial charge in [0, 0.05) is 6.04 Å². The van der Waals surface area contributed by atoms with Crippen LogP contribution in [-0.2, 0) is 12.8 Å². The van der Waals surface area contributed by atoms with E-state index in [-0.39, 0.29) is 11.1 Å². The maximum absolute atomic E-state index is 13.1. The Morgan fingerprint density at radius 2 is 1.74 bits per heavy atom. The minimum absolute atomic E-state index is 0.0870. The van der Waals surface area contributed by atoms with Gasteiger partial charge in [0.2, 0.25) is 0 Å². The molecule has 0 radical (unpaired) electrons. The molecule has 2 rings (SSSR count). The molecule has 4 heteroatoms. The largest absolute Gasteiger partial charge is 0.271 e. The Morgan fingerprint density at radius 1 is 1.05 bits per heavy atom. The first-order valence-electron chi connectivity index (χ1n) is 6.13. The Hall–Kier alpha value is -1.42. The fourth-order valence-corrected chi connectivity index (χ4v) is 2.24. The van der Waals surface area contributed by atoms with Crippen LogP contribution in [0.4, 0.5) is 4.39 Å². The smallest absolute Gasteiger partial charge is 0.141 e. The summed E-state index contributed by atoms with van der Waals surface area (Å²) in [5.74, 6) is 5.18. The molecule has 0 aliphatic heterocycles. The molecule has 19 heavy (non-hydrogen) atoms. The average molecular weight is 279 g/mol. The molecule has 2 nitrogen and oxygen atoms in total. The Labute approximate surface area is 117 Å². The minimum atomic E-state index is -0.397. The second kappa shape index (κ2) is 6.66. The normalized spacial score (nSPS) is 12.4. The van der Waals surface area contributed by atoms with Crippen LogP contribution in [0.1, 0.15) is 11.1 Å². The molecule has 0 saturated heterocycles. The summed E-state index contributed by atoms with van der Waals surface area (Å²) in [6.07, 6.45) is 1.51. The molecule has 0 aliphatic carbocycles.